The van der Waals surface area contributed by atoms with Crippen LogP contribution >= 0.6 is 7.60 Å². The second kappa shape index (κ2) is 7.42. The van der Waals surface area contributed by atoms with Gasteiger partial charge in [0.25, 0.3) is 0 Å². The average molecular weight is 268 g/mol. The van der Waals surface area contributed by atoms with Crippen molar-refractivity contribution < 1.29 is 32.7 Å². The number of rotatable bonds is 7. The molecule has 0 bridgehead atoms. The van der Waals surface area contributed by atoms with Gasteiger partial charge in [-0.15, -0.1) is 0 Å². The van der Waals surface area contributed by atoms with Gasteiger partial charge in [-0.3, -0.25) is 14.2 Å². The van der Waals surface area contributed by atoms with Crippen molar-refractivity contribution in [3.63, 3.8) is 0 Å². The summed E-state index contributed by atoms with van der Waals surface area (Å²) in [7, 11) is 1.24. The Bertz CT molecular complexity index is 288. The van der Waals surface area contributed by atoms with Gasteiger partial charge in [0.1, 0.15) is 0 Å². The highest BCUT2D eigenvalue weighted by Gasteiger charge is 2.37. The summed E-state index contributed by atoms with van der Waals surface area (Å²) in [6, 6.07) is 0. The molecule has 0 unspecified atom stereocenters. The summed E-state index contributed by atoms with van der Waals surface area (Å²) in [6.45, 7) is 0. The number of ether oxygens (including phenoxy) is 2. The van der Waals surface area contributed by atoms with Crippen molar-refractivity contribution in [2.75, 3.05) is 28.4 Å². The Morgan fingerprint density at radius 1 is 0.941 bits per heavy atom. The van der Waals surface area contributed by atoms with Gasteiger partial charge in [0.15, 0.2) is 0 Å². The van der Waals surface area contributed by atoms with E-state index in [9.17, 15) is 14.2 Å². The highest BCUT2D eigenvalue weighted by molar-refractivity contribution is 7.54. The maximum atomic E-state index is 12.1. The fourth-order valence-electron chi connectivity index (χ4n) is 1.22. The first-order chi connectivity index (χ1) is 7.93. The molecule has 0 aliphatic rings. The van der Waals surface area contributed by atoms with E-state index in [1.165, 1.54) is 28.4 Å². The summed E-state index contributed by atoms with van der Waals surface area (Å²) >= 11 is 0. The van der Waals surface area contributed by atoms with E-state index in [-0.39, 0.29) is 12.8 Å². The highest BCUT2D eigenvalue weighted by Crippen LogP contribution is 2.54. The van der Waals surface area contributed by atoms with Gasteiger partial charge in [0.05, 0.1) is 32.7 Å². The quantitative estimate of drug-likeness (QED) is 0.502. The molecule has 0 heterocycles. The maximum Gasteiger partial charge on any atom is 0.334 e. The normalized spacial score (nSPS) is 11.4. The fourth-order valence-corrected chi connectivity index (χ4v) is 2.71. The van der Waals surface area contributed by atoms with Crippen LogP contribution in [-0.2, 0) is 32.7 Å². The van der Waals surface area contributed by atoms with E-state index < -0.39 is 25.2 Å². The lowest BCUT2D eigenvalue weighted by molar-refractivity contribution is -0.142. The predicted octanol–water partition coefficient (Wildman–Crippen LogP) is 0.967. The summed E-state index contributed by atoms with van der Waals surface area (Å²) in [6.07, 6.45) is -0.491. The lowest BCUT2D eigenvalue weighted by atomic mass is 10.2. The van der Waals surface area contributed by atoms with Gasteiger partial charge in [-0.1, -0.05) is 0 Å². The van der Waals surface area contributed by atoms with Crippen molar-refractivity contribution >= 4 is 19.5 Å². The summed E-state index contributed by atoms with van der Waals surface area (Å²) in [4.78, 5) is 22.3. The molecule has 0 amide bonds. The van der Waals surface area contributed by atoms with Crippen molar-refractivity contribution in [2.24, 2.45) is 0 Å². The molecule has 0 saturated carbocycles. The van der Waals surface area contributed by atoms with E-state index in [0.717, 1.165) is 0 Å². The van der Waals surface area contributed by atoms with Crippen molar-refractivity contribution in [3.8, 4) is 0 Å². The zero-order valence-corrected chi connectivity index (χ0v) is 11.2. The standard InChI is InChI=1S/C9H17O7P/c1-13-8(10)5-7(6-9(11)14-2)17(12,15-3)16-4/h7H,5-6H2,1-4H3. The second-order valence-corrected chi connectivity index (χ2v) is 5.66. The topological polar surface area (TPSA) is 88.1 Å². The first-order valence-electron chi connectivity index (χ1n) is 4.78. The van der Waals surface area contributed by atoms with Gasteiger partial charge in [0.2, 0.25) is 0 Å². The van der Waals surface area contributed by atoms with Crippen molar-refractivity contribution in [1.82, 2.24) is 0 Å². The first kappa shape index (κ1) is 16.1. The Morgan fingerprint density at radius 3 is 1.53 bits per heavy atom. The molecule has 0 fully saturated rings. The third kappa shape index (κ3) is 4.85. The largest absolute Gasteiger partial charge is 0.469 e. The SMILES string of the molecule is COC(=O)CC(CC(=O)OC)P(=O)(OC)OC. The minimum atomic E-state index is -3.53. The van der Waals surface area contributed by atoms with Crippen LogP contribution in [0.4, 0.5) is 0 Å². The smallest absolute Gasteiger partial charge is 0.334 e. The van der Waals surface area contributed by atoms with Crippen LogP contribution in [-0.4, -0.2) is 46.0 Å². The van der Waals surface area contributed by atoms with Crippen LogP contribution in [0.2, 0.25) is 0 Å². The van der Waals surface area contributed by atoms with Crippen LogP contribution < -0.4 is 0 Å². The molecule has 0 atom stereocenters. The molecule has 7 nitrogen and oxygen atoms in total. The number of carbonyl (C=O) groups excluding carboxylic acids is 2. The van der Waals surface area contributed by atoms with Crippen molar-refractivity contribution in [3.05, 3.63) is 0 Å². The monoisotopic (exact) mass is 268 g/mol. The molecule has 0 spiro atoms. The minimum absolute atomic E-state index is 0.245. The Hall–Kier alpha value is -0.910. The van der Waals surface area contributed by atoms with Crippen molar-refractivity contribution in [1.29, 1.82) is 0 Å². The van der Waals surface area contributed by atoms with E-state index >= 15 is 0 Å². The molecular formula is C9H17O7P. The lowest BCUT2D eigenvalue weighted by Gasteiger charge is -2.22. The number of hydrogen-bond donors (Lipinski definition) is 0. The van der Waals surface area contributed by atoms with Crippen molar-refractivity contribution in [2.45, 2.75) is 18.5 Å². The van der Waals surface area contributed by atoms with E-state index in [1.54, 1.807) is 0 Å². The number of esters is 2. The van der Waals surface area contributed by atoms with Gasteiger partial charge >= 0.3 is 19.5 Å². The van der Waals surface area contributed by atoms with Gasteiger partial charge in [-0.05, 0) is 0 Å². The molecule has 0 N–H and O–H groups in total. The van der Waals surface area contributed by atoms with Gasteiger partial charge < -0.3 is 18.5 Å². The van der Waals surface area contributed by atoms with E-state index in [1.807, 2.05) is 0 Å². The third-order valence-corrected chi connectivity index (χ3v) is 4.49. The molecule has 0 saturated heterocycles. The Morgan fingerprint density at radius 2 is 1.29 bits per heavy atom. The molecular weight excluding hydrogens is 251 g/mol. The summed E-state index contributed by atoms with van der Waals surface area (Å²) in [5, 5.41) is 0. The first-order valence-corrected chi connectivity index (χ1v) is 6.39. The fraction of sp³-hybridized carbons (Fsp3) is 0.778. The maximum absolute atomic E-state index is 12.1. The van der Waals surface area contributed by atoms with Crippen LogP contribution in [0, 0.1) is 0 Å². The molecule has 0 radical (unpaired) electrons. The molecule has 0 aromatic rings. The number of carbonyl (C=O) groups is 2. The van der Waals surface area contributed by atoms with Crippen LogP contribution in [0.15, 0.2) is 0 Å². The predicted molar refractivity (Wildman–Crippen MR) is 58.7 cm³/mol. The molecule has 0 aliphatic heterocycles. The molecule has 100 valence electrons. The summed E-state index contributed by atoms with van der Waals surface area (Å²) in [5.74, 6) is -1.21. The van der Waals surface area contributed by atoms with E-state index in [0.29, 0.717) is 0 Å². The van der Waals surface area contributed by atoms with Gasteiger partial charge in [-0.2, -0.15) is 0 Å². The molecule has 0 aliphatic carbocycles. The Balaban J connectivity index is 4.89. The molecule has 0 aromatic carbocycles. The second-order valence-electron chi connectivity index (χ2n) is 3.12. The van der Waals surface area contributed by atoms with Gasteiger partial charge in [0, 0.05) is 14.2 Å². The minimum Gasteiger partial charge on any atom is -0.469 e. The van der Waals surface area contributed by atoms with Crippen LogP contribution in [0.5, 0.6) is 0 Å². The average Bonchev–Trinajstić information content (AvgIpc) is 2.36. The Labute approximate surface area is 99.9 Å². The zero-order valence-electron chi connectivity index (χ0n) is 10.3. The zero-order chi connectivity index (χ0) is 13.5. The summed E-state index contributed by atoms with van der Waals surface area (Å²) < 4.78 is 30.5. The third-order valence-electron chi connectivity index (χ3n) is 2.22. The van der Waals surface area contributed by atoms with Crippen LogP contribution in [0.3, 0.4) is 0 Å². The Kier molecular flexibility index (Phi) is 7.03. The summed E-state index contributed by atoms with van der Waals surface area (Å²) in [5.41, 5.74) is -0.919. The molecule has 8 heteroatoms. The molecule has 17 heavy (non-hydrogen) atoms. The lowest BCUT2D eigenvalue weighted by Crippen LogP contribution is -2.21. The van der Waals surface area contributed by atoms with E-state index in [2.05, 4.69) is 9.47 Å². The molecule has 0 rings (SSSR count). The van der Waals surface area contributed by atoms with Crippen LogP contribution in [0.25, 0.3) is 0 Å². The number of methoxy groups -OCH3 is 2. The van der Waals surface area contributed by atoms with Gasteiger partial charge in [-0.25, -0.2) is 0 Å². The molecule has 0 aromatic heterocycles. The number of hydrogen-bond acceptors (Lipinski definition) is 7. The van der Waals surface area contributed by atoms with Crippen LogP contribution in [0.1, 0.15) is 12.8 Å². The van der Waals surface area contributed by atoms with E-state index in [4.69, 9.17) is 9.05 Å². The highest BCUT2D eigenvalue weighted by atomic mass is 31.2.